The molecular formula is C19H30N4O3S. The third-order valence-electron chi connectivity index (χ3n) is 5.07. The Kier molecular flexibility index (Phi) is 5.49. The van der Waals surface area contributed by atoms with Crippen molar-refractivity contribution >= 4 is 26.7 Å². The van der Waals surface area contributed by atoms with Crippen LogP contribution in [0.2, 0.25) is 0 Å². The zero-order valence-electron chi connectivity index (χ0n) is 16.7. The molecule has 2 N–H and O–H groups in total. The summed E-state index contributed by atoms with van der Waals surface area (Å²) in [6, 6.07) is 0. The van der Waals surface area contributed by atoms with Gasteiger partial charge in [-0.25, -0.2) is 18.4 Å². The van der Waals surface area contributed by atoms with Crippen LogP contribution in [0.15, 0.2) is 0 Å². The maximum Gasteiger partial charge on any atom is 0.151 e. The quantitative estimate of drug-likeness (QED) is 0.773. The van der Waals surface area contributed by atoms with Gasteiger partial charge in [-0.15, -0.1) is 0 Å². The Bertz CT molecular complexity index is 948. The first-order chi connectivity index (χ1) is 12.6. The van der Waals surface area contributed by atoms with Crippen molar-refractivity contribution in [1.82, 2.24) is 14.5 Å². The number of hydrogen-bond donors (Lipinski definition) is 1. The first-order valence-corrected chi connectivity index (χ1v) is 11.7. The molecule has 0 saturated carbocycles. The largest absolute Gasteiger partial charge is 0.382 e. The fourth-order valence-electron chi connectivity index (χ4n) is 3.79. The summed E-state index contributed by atoms with van der Waals surface area (Å²) in [5.74, 6) is 1.47. The van der Waals surface area contributed by atoms with Crippen molar-refractivity contribution in [3.63, 3.8) is 0 Å². The molecule has 2 aromatic heterocycles. The zero-order valence-corrected chi connectivity index (χ0v) is 17.5. The van der Waals surface area contributed by atoms with E-state index < -0.39 is 15.4 Å². The van der Waals surface area contributed by atoms with Gasteiger partial charge in [-0.3, -0.25) is 0 Å². The van der Waals surface area contributed by atoms with E-state index in [1.807, 2.05) is 13.8 Å². The van der Waals surface area contributed by atoms with E-state index in [2.05, 4.69) is 16.5 Å². The van der Waals surface area contributed by atoms with Crippen molar-refractivity contribution in [2.24, 2.45) is 0 Å². The molecule has 0 bridgehead atoms. The summed E-state index contributed by atoms with van der Waals surface area (Å²) in [5.41, 5.74) is 9.90. The first kappa shape index (κ1) is 20.1. The third kappa shape index (κ3) is 4.43. The Hall–Kier alpha value is -1.67. The van der Waals surface area contributed by atoms with Gasteiger partial charge in [0.2, 0.25) is 0 Å². The molecule has 1 aliphatic carbocycles. The number of imidazole rings is 1. The Morgan fingerprint density at radius 2 is 1.93 bits per heavy atom. The van der Waals surface area contributed by atoms with Gasteiger partial charge in [0.1, 0.15) is 21.2 Å². The summed E-state index contributed by atoms with van der Waals surface area (Å²) >= 11 is 0. The lowest BCUT2D eigenvalue weighted by Crippen LogP contribution is -2.33. The molecule has 2 heterocycles. The van der Waals surface area contributed by atoms with Crippen molar-refractivity contribution < 1.29 is 13.2 Å². The predicted octanol–water partition coefficient (Wildman–Crippen LogP) is 2.29. The Morgan fingerprint density at radius 3 is 2.59 bits per heavy atom. The molecule has 0 atom stereocenters. The second kappa shape index (κ2) is 7.39. The fraction of sp³-hybridized carbons (Fsp3) is 0.684. The molecule has 0 aromatic carbocycles. The van der Waals surface area contributed by atoms with Crippen LogP contribution in [-0.2, 0) is 40.4 Å². The number of hydrogen-bond acceptors (Lipinski definition) is 6. The topological polar surface area (TPSA) is 100 Å². The lowest BCUT2D eigenvalue weighted by Gasteiger charge is -2.28. The molecule has 0 aliphatic heterocycles. The summed E-state index contributed by atoms with van der Waals surface area (Å²) in [5, 5.41) is 0. The van der Waals surface area contributed by atoms with Crippen molar-refractivity contribution in [3.8, 4) is 0 Å². The number of nitrogens with zero attached hydrogens (tertiary/aromatic N) is 3. The molecule has 0 radical (unpaired) electrons. The minimum atomic E-state index is -3.04. The summed E-state index contributed by atoms with van der Waals surface area (Å²) in [4.78, 5) is 9.37. The van der Waals surface area contributed by atoms with Gasteiger partial charge in [0.05, 0.1) is 30.0 Å². The lowest BCUT2D eigenvalue weighted by molar-refractivity contribution is -0.0210. The molecule has 1 aliphatic rings. The summed E-state index contributed by atoms with van der Waals surface area (Å²) in [6.45, 7) is 6.81. The van der Waals surface area contributed by atoms with Crippen LogP contribution >= 0.6 is 0 Å². The van der Waals surface area contributed by atoms with E-state index in [0.717, 1.165) is 54.7 Å². The normalized spacial score (nSPS) is 15.3. The van der Waals surface area contributed by atoms with Crippen LogP contribution in [0.4, 0.5) is 5.82 Å². The summed E-state index contributed by atoms with van der Waals surface area (Å²) in [7, 11) is -3.04. The van der Waals surface area contributed by atoms with Gasteiger partial charge in [-0.1, -0.05) is 6.92 Å². The lowest BCUT2D eigenvalue weighted by atomic mass is 9.94. The molecule has 3 rings (SSSR count). The number of pyridine rings is 1. The Labute approximate surface area is 161 Å². The maximum atomic E-state index is 11.4. The smallest absolute Gasteiger partial charge is 0.151 e. The maximum absolute atomic E-state index is 11.4. The number of anilines is 1. The predicted molar refractivity (Wildman–Crippen MR) is 108 cm³/mol. The second-order valence-electron chi connectivity index (χ2n) is 8.03. The second-order valence-corrected chi connectivity index (χ2v) is 10.3. The van der Waals surface area contributed by atoms with E-state index in [1.165, 1.54) is 11.8 Å². The van der Waals surface area contributed by atoms with Crippen LogP contribution in [0.5, 0.6) is 0 Å². The molecule has 0 saturated heterocycles. The van der Waals surface area contributed by atoms with Crippen LogP contribution in [0.25, 0.3) is 11.0 Å². The highest BCUT2D eigenvalue weighted by molar-refractivity contribution is 7.90. The molecule has 7 nitrogen and oxygen atoms in total. The fourth-order valence-corrected chi connectivity index (χ4v) is 4.17. The molecule has 27 heavy (non-hydrogen) atoms. The summed E-state index contributed by atoms with van der Waals surface area (Å²) in [6.07, 6.45) is 6.24. The van der Waals surface area contributed by atoms with E-state index >= 15 is 0 Å². The first-order valence-electron chi connectivity index (χ1n) is 9.59. The monoisotopic (exact) mass is 394 g/mol. The van der Waals surface area contributed by atoms with Crippen molar-refractivity contribution in [1.29, 1.82) is 0 Å². The highest BCUT2D eigenvalue weighted by atomic mass is 32.2. The van der Waals surface area contributed by atoms with Crippen LogP contribution < -0.4 is 5.73 Å². The van der Waals surface area contributed by atoms with E-state index in [-0.39, 0.29) is 12.4 Å². The van der Waals surface area contributed by atoms with E-state index in [0.29, 0.717) is 12.4 Å². The van der Waals surface area contributed by atoms with Crippen LogP contribution in [-0.4, -0.2) is 47.2 Å². The van der Waals surface area contributed by atoms with Crippen LogP contribution in [0, 0.1) is 0 Å². The van der Waals surface area contributed by atoms with E-state index in [1.54, 1.807) is 0 Å². The number of aromatic nitrogens is 3. The molecule has 2 aromatic rings. The minimum absolute atomic E-state index is 0.0218. The van der Waals surface area contributed by atoms with Gasteiger partial charge < -0.3 is 15.0 Å². The molecule has 150 valence electrons. The number of nitrogens with two attached hydrogens (primary N) is 1. The Morgan fingerprint density at radius 1 is 1.22 bits per heavy atom. The van der Waals surface area contributed by atoms with Gasteiger partial charge in [-0.2, -0.15) is 0 Å². The molecule has 0 spiro atoms. The number of sulfone groups is 1. The third-order valence-corrected chi connectivity index (χ3v) is 5.98. The van der Waals surface area contributed by atoms with Crippen molar-refractivity contribution in [3.05, 3.63) is 17.1 Å². The average Bonchev–Trinajstić information content (AvgIpc) is 2.92. The minimum Gasteiger partial charge on any atom is -0.382 e. The molecule has 0 unspecified atom stereocenters. The van der Waals surface area contributed by atoms with Gasteiger partial charge >= 0.3 is 0 Å². The number of fused-ring (bicyclic) bond motifs is 3. The number of nitrogen functional groups attached to an aromatic ring is 1. The van der Waals surface area contributed by atoms with E-state index in [9.17, 15) is 8.42 Å². The molecule has 8 heteroatoms. The standard InChI is InChI=1S/C19H30N4O3S/c1-5-15-22-16-17(13-8-6-7-9-14(13)21-18(16)20)23(15)12-19(2,3)26-10-11-27(4,24)25/h5-12H2,1-4H3,(H2,20,21). The van der Waals surface area contributed by atoms with Gasteiger partial charge in [0.15, 0.2) is 5.82 Å². The van der Waals surface area contributed by atoms with Crippen molar-refractivity contribution in [2.75, 3.05) is 24.3 Å². The van der Waals surface area contributed by atoms with Gasteiger partial charge in [0, 0.05) is 18.4 Å². The zero-order chi connectivity index (χ0) is 19.8. The molecular weight excluding hydrogens is 364 g/mol. The van der Waals surface area contributed by atoms with Crippen molar-refractivity contribution in [2.45, 2.75) is 65.0 Å². The number of rotatable bonds is 7. The Balaban J connectivity index is 1.98. The average molecular weight is 395 g/mol. The van der Waals surface area contributed by atoms with Crippen LogP contribution in [0.1, 0.15) is 50.7 Å². The van der Waals surface area contributed by atoms with Gasteiger partial charge in [-0.05, 0) is 45.1 Å². The highest BCUT2D eigenvalue weighted by Crippen LogP contribution is 2.32. The number of ether oxygens (including phenoxy) is 1. The van der Waals surface area contributed by atoms with Crippen LogP contribution in [0.3, 0.4) is 0 Å². The van der Waals surface area contributed by atoms with E-state index in [4.69, 9.17) is 15.5 Å². The number of aryl methyl sites for hydroxylation is 3. The SMILES string of the molecule is CCc1nc2c(N)nc3c(c2n1CC(C)(C)OCCS(C)(=O)=O)CCCC3. The molecule has 0 amide bonds. The highest BCUT2D eigenvalue weighted by Gasteiger charge is 2.27. The van der Waals surface area contributed by atoms with Gasteiger partial charge in [0.25, 0.3) is 0 Å². The molecule has 0 fully saturated rings. The summed E-state index contributed by atoms with van der Waals surface area (Å²) < 4.78 is 30.9.